The Morgan fingerprint density at radius 2 is 2.12 bits per heavy atom. The fourth-order valence-electron chi connectivity index (χ4n) is 2.59. The van der Waals surface area contributed by atoms with Crippen molar-refractivity contribution < 1.29 is 0 Å². The van der Waals surface area contributed by atoms with E-state index in [2.05, 4.69) is 42.6 Å². The molecule has 0 amide bonds. The van der Waals surface area contributed by atoms with Crippen LogP contribution >= 0.6 is 0 Å². The smallest absolute Gasteiger partial charge is 0.0953 e. The van der Waals surface area contributed by atoms with Crippen LogP contribution in [-0.4, -0.2) is 15.1 Å². The van der Waals surface area contributed by atoms with E-state index in [9.17, 15) is 0 Å². The predicted molar refractivity (Wildman–Crippen MR) is 70.9 cm³/mol. The van der Waals surface area contributed by atoms with E-state index in [1.165, 1.54) is 31.4 Å². The first-order valence-corrected chi connectivity index (χ1v) is 6.74. The van der Waals surface area contributed by atoms with Crippen LogP contribution in [0.3, 0.4) is 0 Å². The number of imidazole rings is 1. The molecule has 17 heavy (non-hydrogen) atoms. The summed E-state index contributed by atoms with van der Waals surface area (Å²) in [6.45, 7) is 9.80. The third kappa shape index (κ3) is 2.54. The lowest BCUT2D eigenvalue weighted by molar-refractivity contribution is 0.131. The van der Waals surface area contributed by atoms with Crippen molar-refractivity contribution in [2.24, 2.45) is 0 Å². The molecule has 3 nitrogen and oxygen atoms in total. The molecule has 2 rings (SSSR count). The first-order chi connectivity index (χ1) is 7.97. The fourth-order valence-corrected chi connectivity index (χ4v) is 2.59. The quantitative estimate of drug-likeness (QED) is 0.869. The van der Waals surface area contributed by atoms with Gasteiger partial charge in [-0.25, -0.2) is 4.98 Å². The van der Waals surface area contributed by atoms with Gasteiger partial charge in [0.1, 0.15) is 0 Å². The summed E-state index contributed by atoms with van der Waals surface area (Å²) in [6.07, 6.45) is 9.21. The number of nitrogens with one attached hydrogen (secondary N) is 1. The average molecular weight is 235 g/mol. The van der Waals surface area contributed by atoms with E-state index in [0.29, 0.717) is 5.54 Å². The van der Waals surface area contributed by atoms with Crippen LogP contribution in [0.25, 0.3) is 0 Å². The Hall–Kier alpha value is -0.830. The summed E-state index contributed by atoms with van der Waals surface area (Å²) in [6, 6.07) is 0. The molecule has 1 heterocycles. The molecule has 0 saturated heterocycles. The second kappa shape index (κ2) is 4.45. The van der Waals surface area contributed by atoms with Crippen LogP contribution in [-0.2, 0) is 12.1 Å². The zero-order chi connectivity index (χ0) is 12.5. The van der Waals surface area contributed by atoms with Gasteiger partial charge in [-0.3, -0.25) is 0 Å². The average Bonchev–Trinajstić information content (AvgIpc) is 2.62. The van der Waals surface area contributed by atoms with Gasteiger partial charge in [-0.05, 0) is 46.5 Å². The first-order valence-electron chi connectivity index (χ1n) is 6.74. The molecular weight excluding hydrogens is 210 g/mol. The Bertz CT molecular complexity index is 364. The predicted octanol–water partition coefficient (Wildman–Crippen LogP) is 3.06. The van der Waals surface area contributed by atoms with Crippen LogP contribution < -0.4 is 5.32 Å². The summed E-state index contributed by atoms with van der Waals surface area (Å²) < 4.78 is 2.41. The van der Waals surface area contributed by atoms with E-state index in [0.717, 1.165) is 6.54 Å². The summed E-state index contributed by atoms with van der Waals surface area (Å²) in [5.74, 6) is 0. The molecule has 0 aromatic carbocycles. The number of hydrogen-bond donors (Lipinski definition) is 1. The number of hydrogen-bond acceptors (Lipinski definition) is 2. The van der Waals surface area contributed by atoms with Gasteiger partial charge in [-0.1, -0.05) is 6.92 Å². The van der Waals surface area contributed by atoms with Crippen molar-refractivity contribution >= 4 is 0 Å². The molecule has 1 aromatic heterocycles. The van der Waals surface area contributed by atoms with Crippen LogP contribution in [0.2, 0.25) is 0 Å². The van der Waals surface area contributed by atoms with Gasteiger partial charge in [0.15, 0.2) is 0 Å². The third-order valence-electron chi connectivity index (χ3n) is 3.97. The number of rotatable bonds is 4. The highest BCUT2D eigenvalue weighted by Crippen LogP contribution is 2.42. The Labute approximate surface area is 105 Å². The Balaban J connectivity index is 2.12. The molecule has 0 aliphatic heterocycles. The highest BCUT2D eigenvalue weighted by molar-refractivity contribution is 5.07. The van der Waals surface area contributed by atoms with Crippen LogP contribution in [0, 0.1) is 0 Å². The maximum atomic E-state index is 4.34. The topological polar surface area (TPSA) is 29.9 Å². The number of aromatic nitrogens is 2. The third-order valence-corrected chi connectivity index (χ3v) is 3.97. The molecule has 1 fully saturated rings. The van der Waals surface area contributed by atoms with Gasteiger partial charge >= 0.3 is 0 Å². The van der Waals surface area contributed by atoms with Crippen molar-refractivity contribution in [2.45, 2.75) is 71.0 Å². The summed E-state index contributed by atoms with van der Waals surface area (Å²) in [4.78, 5) is 4.34. The molecule has 0 spiro atoms. The monoisotopic (exact) mass is 235 g/mol. The minimum atomic E-state index is 0.161. The zero-order valence-corrected chi connectivity index (χ0v) is 11.6. The van der Waals surface area contributed by atoms with Gasteiger partial charge in [0, 0.05) is 23.8 Å². The summed E-state index contributed by atoms with van der Waals surface area (Å²) >= 11 is 0. The molecule has 3 heteroatoms. The minimum absolute atomic E-state index is 0.161. The normalized spacial score (nSPS) is 19.1. The van der Waals surface area contributed by atoms with Gasteiger partial charge in [-0.15, -0.1) is 0 Å². The molecule has 1 aliphatic carbocycles. The first kappa shape index (κ1) is 12.6. The Kier molecular flexibility index (Phi) is 3.30. The molecule has 0 radical (unpaired) electrons. The summed E-state index contributed by atoms with van der Waals surface area (Å²) in [7, 11) is 0. The van der Waals surface area contributed by atoms with Crippen molar-refractivity contribution in [2.75, 3.05) is 0 Å². The van der Waals surface area contributed by atoms with Crippen molar-refractivity contribution in [3.63, 3.8) is 0 Å². The van der Waals surface area contributed by atoms with Crippen molar-refractivity contribution in [3.8, 4) is 0 Å². The Morgan fingerprint density at radius 3 is 2.59 bits per heavy atom. The highest BCUT2D eigenvalue weighted by atomic mass is 15.1. The van der Waals surface area contributed by atoms with Crippen LogP contribution in [0.1, 0.15) is 59.1 Å². The SMILES string of the molecule is CCC1(n2cncc2CNC(C)(C)C)CCC1. The molecule has 96 valence electrons. The van der Waals surface area contributed by atoms with Gasteiger partial charge in [0.2, 0.25) is 0 Å². The second-order valence-electron chi connectivity index (χ2n) is 6.29. The lowest BCUT2D eigenvalue weighted by atomic mass is 9.74. The Morgan fingerprint density at radius 1 is 1.41 bits per heavy atom. The number of nitrogens with zero attached hydrogens (tertiary/aromatic N) is 2. The molecule has 1 saturated carbocycles. The van der Waals surface area contributed by atoms with E-state index < -0.39 is 0 Å². The molecule has 1 aliphatic rings. The van der Waals surface area contributed by atoms with Crippen LogP contribution in [0.5, 0.6) is 0 Å². The van der Waals surface area contributed by atoms with E-state index >= 15 is 0 Å². The molecule has 1 N–H and O–H groups in total. The lowest BCUT2D eigenvalue weighted by Crippen LogP contribution is -2.42. The summed E-state index contributed by atoms with van der Waals surface area (Å²) in [5.41, 5.74) is 1.85. The lowest BCUT2D eigenvalue weighted by Gasteiger charge is -2.43. The minimum Gasteiger partial charge on any atom is -0.327 e. The maximum Gasteiger partial charge on any atom is 0.0953 e. The van der Waals surface area contributed by atoms with E-state index in [1.54, 1.807) is 0 Å². The summed E-state index contributed by atoms with van der Waals surface area (Å²) in [5, 5.41) is 3.55. The van der Waals surface area contributed by atoms with Gasteiger partial charge in [0.25, 0.3) is 0 Å². The highest BCUT2D eigenvalue weighted by Gasteiger charge is 2.37. The molecule has 0 bridgehead atoms. The molecule has 0 unspecified atom stereocenters. The molecule has 1 aromatic rings. The molecular formula is C14H25N3. The van der Waals surface area contributed by atoms with Crippen molar-refractivity contribution in [1.29, 1.82) is 0 Å². The second-order valence-corrected chi connectivity index (χ2v) is 6.29. The van der Waals surface area contributed by atoms with Crippen LogP contribution in [0.15, 0.2) is 12.5 Å². The van der Waals surface area contributed by atoms with Crippen LogP contribution in [0.4, 0.5) is 0 Å². The maximum absolute atomic E-state index is 4.34. The van der Waals surface area contributed by atoms with Gasteiger partial charge in [-0.2, -0.15) is 0 Å². The zero-order valence-electron chi connectivity index (χ0n) is 11.6. The fraction of sp³-hybridized carbons (Fsp3) is 0.786. The van der Waals surface area contributed by atoms with E-state index in [1.807, 2.05) is 12.5 Å². The van der Waals surface area contributed by atoms with Gasteiger partial charge < -0.3 is 9.88 Å². The largest absolute Gasteiger partial charge is 0.327 e. The van der Waals surface area contributed by atoms with Gasteiger partial charge in [0.05, 0.1) is 12.0 Å². The standard InChI is InChI=1S/C14H25N3/c1-5-14(7-6-8-14)17-11-15-9-12(17)10-16-13(2,3)4/h9,11,16H,5-8,10H2,1-4H3. The van der Waals surface area contributed by atoms with Crippen molar-refractivity contribution in [3.05, 3.63) is 18.2 Å². The van der Waals surface area contributed by atoms with Crippen molar-refractivity contribution in [1.82, 2.24) is 14.9 Å². The van der Waals surface area contributed by atoms with E-state index in [-0.39, 0.29) is 5.54 Å². The molecule has 0 atom stereocenters. The van der Waals surface area contributed by atoms with E-state index in [4.69, 9.17) is 0 Å².